The number of aryl methyl sites for hydroxylation is 1. The van der Waals surface area contributed by atoms with Gasteiger partial charge in [0.15, 0.2) is 0 Å². The van der Waals surface area contributed by atoms with Crippen LogP contribution >= 0.6 is 0 Å². The Morgan fingerprint density at radius 2 is 1.47 bits per heavy atom. The quantitative estimate of drug-likeness (QED) is 0.547. The zero-order valence-corrected chi connectivity index (χ0v) is 22.4. The Kier molecular flexibility index (Phi) is 6.05. The van der Waals surface area contributed by atoms with E-state index in [9.17, 15) is 5.11 Å². The van der Waals surface area contributed by atoms with Gasteiger partial charge in [-0.1, -0.05) is 31.1 Å². The van der Waals surface area contributed by atoms with Gasteiger partial charge in [0.2, 0.25) is 0 Å². The molecular weight excluding hydrogens is 424 g/mol. The second-order valence-electron chi connectivity index (χ2n) is 11.7. The first-order chi connectivity index (χ1) is 15.6. The van der Waals surface area contributed by atoms with Gasteiger partial charge in [0.1, 0.15) is 0 Å². The fourth-order valence-corrected chi connectivity index (χ4v) is 4.51. The molecule has 0 spiro atoms. The Bertz CT molecular complexity index is 1210. The number of hydrogen-bond acceptors (Lipinski definition) is 4. The van der Waals surface area contributed by atoms with Crippen LogP contribution in [0, 0.1) is 0 Å². The van der Waals surface area contributed by atoms with Crippen LogP contribution in [0.3, 0.4) is 0 Å². The predicted molar refractivity (Wildman–Crippen MR) is 144 cm³/mol. The van der Waals surface area contributed by atoms with Crippen molar-refractivity contribution in [3.8, 4) is 0 Å². The van der Waals surface area contributed by atoms with E-state index in [-0.39, 0.29) is 18.1 Å². The van der Waals surface area contributed by atoms with Gasteiger partial charge in [-0.15, -0.1) is 0 Å². The molecule has 1 saturated heterocycles. The minimum absolute atomic E-state index is 0.169. The van der Waals surface area contributed by atoms with Crippen molar-refractivity contribution in [3.05, 3.63) is 36.4 Å². The normalized spacial score (nSPS) is 18.3. The molecule has 4 rings (SSSR count). The maximum atomic E-state index is 10.5. The summed E-state index contributed by atoms with van der Waals surface area (Å²) >= 11 is 0. The van der Waals surface area contributed by atoms with Crippen molar-refractivity contribution in [2.24, 2.45) is 0 Å². The van der Waals surface area contributed by atoms with E-state index < -0.39 is 18.3 Å². The van der Waals surface area contributed by atoms with Gasteiger partial charge >= 0.3 is 14.0 Å². The first kappa shape index (κ1) is 25.3. The Morgan fingerprint density at radius 3 is 2.00 bits per heavy atom. The molecule has 5 nitrogen and oxygen atoms in total. The van der Waals surface area contributed by atoms with E-state index in [2.05, 4.69) is 75.6 Å². The Hall–Kier alpha value is -1.79. The average Bonchev–Trinajstić information content (AvgIpc) is 3.15. The van der Waals surface area contributed by atoms with Crippen molar-refractivity contribution >= 4 is 46.8 Å². The number of rotatable bonds is 6. The summed E-state index contributed by atoms with van der Waals surface area (Å²) in [5.41, 5.74) is 2.10. The monoisotopic (exact) mass is 463 g/mol. The predicted octanol–water partition coefficient (Wildman–Crippen LogP) is 4.51. The molecule has 0 saturated carbocycles. The van der Waals surface area contributed by atoms with E-state index in [0.29, 0.717) is 0 Å². The highest BCUT2D eigenvalue weighted by atomic mass is 16.7. The summed E-state index contributed by atoms with van der Waals surface area (Å²) in [5, 5.41) is 12.9. The minimum Gasteiger partial charge on any atom is -0.423 e. The van der Waals surface area contributed by atoms with Gasteiger partial charge in [0.05, 0.1) is 22.4 Å². The molecule has 0 atom stereocenters. The summed E-state index contributed by atoms with van der Waals surface area (Å²) in [4.78, 5) is 0. The lowest BCUT2D eigenvalue weighted by Gasteiger charge is -2.39. The van der Waals surface area contributed by atoms with Gasteiger partial charge in [-0.3, -0.25) is 0 Å². The SMILES string of the molecule is CCn1c2ccc(B(C)OC(C)(C)C(C)(C)O)cc2c2cc(B3OC(C)(C)C(C)(C)O3)ccc21. The fourth-order valence-electron chi connectivity index (χ4n) is 4.51. The van der Waals surface area contributed by atoms with E-state index >= 15 is 0 Å². The smallest absolute Gasteiger partial charge is 0.423 e. The molecule has 0 unspecified atom stereocenters. The van der Waals surface area contributed by atoms with Crippen LogP contribution in [0.15, 0.2) is 36.4 Å². The highest BCUT2D eigenvalue weighted by molar-refractivity contribution is 6.66. The lowest BCUT2D eigenvalue weighted by atomic mass is 9.62. The summed E-state index contributed by atoms with van der Waals surface area (Å²) in [6, 6.07) is 13.0. The Balaban J connectivity index is 1.78. The van der Waals surface area contributed by atoms with Crippen LogP contribution in [0.5, 0.6) is 0 Å². The number of benzene rings is 2. The first-order valence-electron chi connectivity index (χ1n) is 12.4. The third-order valence-electron chi connectivity index (χ3n) is 8.17. The largest absolute Gasteiger partial charge is 0.494 e. The van der Waals surface area contributed by atoms with E-state index in [0.717, 1.165) is 17.5 Å². The molecule has 182 valence electrons. The number of aromatic nitrogens is 1. The molecule has 34 heavy (non-hydrogen) atoms. The van der Waals surface area contributed by atoms with Crippen LogP contribution in [-0.2, 0) is 20.5 Å². The second kappa shape index (κ2) is 8.12. The summed E-state index contributed by atoms with van der Waals surface area (Å²) < 4.78 is 21.3. The lowest BCUT2D eigenvalue weighted by Crippen LogP contribution is -2.52. The molecule has 3 aromatic rings. The van der Waals surface area contributed by atoms with Crippen molar-refractivity contribution in [2.75, 3.05) is 0 Å². The minimum atomic E-state index is -0.957. The maximum absolute atomic E-state index is 10.5. The van der Waals surface area contributed by atoms with Crippen LogP contribution in [0.1, 0.15) is 62.3 Å². The molecular formula is C27H39B2NO4. The molecule has 0 radical (unpaired) electrons. The molecule has 1 N–H and O–H groups in total. The molecule has 2 aromatic carbocycles. The molecule has 1 aromatic heterocycles. The summed E-state index contributed by atoms with van der Waals surface area (Å²) in [5.74, 6) is 0. The molecule has 0 bridgehead atoms. The van der Waals surface area contributed by atoms with Crippen molar-refractivity contribution in [2.45, 2.75) is 98.1 Å². The van der Waals surface area contributed by atoms with Crippen LogP contribution in [0.4, 0.5) is 0 Å². The molecule has 1 fully saturated rings. The zero-order valence-electron chi connectivity index (χ0n) is 22.4. The van der Waals surface area contributed by atoms with Crippen molar-refractivity contribution in [1.29, 1.82) is 0 Å². The number of hydrogen-bond donors (Lipinski definition) is 1. The fraction of sp³-hybridized carbons (Fsp3) is 0.556. The van der Waals surface area contributed by atoms with Gasteiger partial charge in [-0.25, -0.2) is 0 Å². The van der Waals surface area contributed by atoms with E-state index in [4.69, 9.17) is 14.0 Å². The van der Waals surface area contributed by atoms with Gasteiger partial charge < -0.3 is 23.6 Å². The zero-order chi connectivity index (χ0) is 25.3. The molecule has 1 aliphatic rings. The average molecular weight is 463 g/mol. The van der Waals surface area contributed by atoms with Crippen LogP contribution in [0.2, 0.25) is 6.82 Å². The van der Waals surface area contributed by atoms with Crippen LogP contribution in [0.25, 0.3) is 21.8 Å². The van der Waals surface area contributed by atoms with Gasteiger partial charge in [0.25, 0.3) is 0 Å². The highest BCUT2D eigenvalue weighted by Gasteiger charge is 2.51. The highest BCUT2D eigenvalue weighted by Crippen LogP contribution is 2.37. The van der Waals surface area contributed by atoms with Gasteiger partial charge in [-0.2, -0.15) is 0 Å². The third kappa shape index (κ3) is 4.11. The van der Waals surface area contributed by atoms with E-state index in [1.807, 2.05) is 20.7 Å². The van der Waals surface area contributed by atoms with E-state index in [1.54, 1.807) is 13.8 Å². The maximum Gasteiger partial charge on any atom is 0.494 e. The Morgan fingerprint density at radius 1 is 0.941 bits per heavy atom. The molecule has 7 heteroatoms. The summed E-state index contributed by atoms with van der Waals surface area (Å²) in [6.45, 7) is 20.7. The van der Waals surface area contributed by atoms with E-state index in [1.165, 1.54) is 21.8 Å². The summed E-state index contributed by atoms with van der Waals surface area (Å²) in [6.07, 6.45) is 0. The van der Waals surface area contributed by atoms with Crippen molar-refractivity contribution in [1.82, 2.24) is 4.57 Å². The molecule has 0 aliphatic carbocycles. The van der Waals surface area contributed by atoms with Gasteiger partial charge in [-0.05, 0) is 85.4 Å². The van der Waals surface area contributed by atoms with Crippen LogP contribution < -0.4 is 10.9 Å². The topological polar surface area (TPSA) is 52.9 Å². The first-order valence-corrected chi connectivity index (χ1v) is 12.4. The standard InChI is InChI=1S/C27H39B2NO4/c1-11-30-22-14-12-18(28(10)32-25(4,5)24(2,3)31)16-20(22)21-17-19(13-15-23(21)30)29-33-26(6,7)27(8,9)34-29/h12-17,31H,11H2,1-10H3. The number of fused-ring (bicyclic) bond motifs is 3. The van der Waals surface area contributed by atoms with Gasteiger partial charge in [0, 0.05) is 28.4 Å². The van der Waals surface area contributed by atoms with Crippen molar-refractivity contribution < 1.29 is 19.1 Å². The molecule has 1 aliphatic heterocycles. The third-order valence-corrected chi connectivity index (χ3v) is 8.17. The molecule has 2 heterocycles. The van der Waals surface area contributed by atoms with Crippen LogP contribution in [-0.4, -0.2) is 46.1 Å². The summed E-state index contributed by atoms with van der Waals surface area (Å²) in [7, 11) is -0.396. The number of aliphatic hydroxyl groups is 1. The lowest BCUT2D eigenvalue weighted by molar-refractivity contribution is -0.0918. The molecule has 0 amide bonds. The second-order valence-corrected chi connectivity index (χ2v) is 11.7. The number of nitrogens with zero attached hydrogens (tertiary/aromatic N) is 1. The Labute approximate surface area is 205 Å². The van der Waals surface area contributed by atoms with Crippen molar-refractivity contribution in [3.63, 3.8) is 0 Å².